The van der Waals surface area contributed by atoms with Gasteiger partial charge < -0.3 is 14.4 Å². The first-order chi connectivity index (χ1) is 15.0. The van der Waals surface area contributed by atoms with Crippen molar-refractivity contribution in [1.29, 1.82) is 0 Å². The van der Waals surface area contributed by atoms with Crippen LogP contribution in [-0.4, -0.2) is 60.4 Å². The molecule has 2 rings (SSSR count). The van der Waals surface area contributed by atoms with E-state index in [1.54, 1.807) is 4.90 Å². The largest absolute Gasteiger partial charge is 0.484 e. The number of rotatable bonds is 11. The molecule has 1 aromatic carbocycles. The van der Waals surface area contributed by atoms with E-state index in [9.17, 15) is 17.6 Å². The van der Waals surface area contributed by atoms with Crippen molar-refractivity contribution in [3.8, 4) is 5.75 Å². The second kappa shape index (κ2) is 11.3. The van der Waals surface area contributed by atoms with E-state index >= 15 is 0 Å². The molecule has 32 heavy (non-hydrogen) atoms. The standard InChI is InChI=1S/C21H31FN4O5S/c1-6-25(21(27)31-13-15(2)3)10-9-16(4)26-23-12-17(24-26)14-30-20-8-7-18(11-19(20)22)32(5,28)29/h7-8,11-12,15-16H,6,9-10,13-14H2,1-5H3. The summed E-state index contributed by atoms with van der Waals surface area (Å²) >= 11 is 0. The van der Waals surface area contributed by atoms with Gasteiger partial charge in [0.25, 0.3) is 0 Å². The molecule has 1 amide bonds. The summed E-state index contributed by atoms with van der Waals surface area (Å²) in [7, 11) is -3.50. The third-order valence-corrected chi connectivity index (χ3v) is 5.76. The summed E-state index contributed by atoms with van der Waals surface area (Å²) in [6.45, 7) is 9.19. The molecule has 0 saturated heterocycles. The van der Waals surface area contributed by atoms with Crippen LogP contribution in [0.1, 0.15) is 45.9 Å². The molecule has 9 nitrogen and oxygen atoms in total. The van der Waals surface area contributed by atoms with Gasteiger partial charge in [-0.1, -0.05) is 13.8 Å². The van der Waals surface area contributed by atoms with Crippen molar-refractivity contribution in [2.24, 2.45) is 5.92 Å². The van der Waals surface area contributed by atoms with Gasteiger partial charge in [0.15, 0.2) is 21.4 Å². The Morgan fingerprint density at radius 1 is 1.28 bits per heavy atom. The Kier molecular flexibility index (Phi) is 8.99. The van der Waals surface area contributed by atoms with Gasteiger partial charge in [0.05, 0.1) is 23.7 Å². The Bertz CT molecular complexity index is 1010. The third kappa shape index (κ3) is 7.47. The van der Waals surface area contributed by atoms with Gasteiger partial charge in [-0.3, -0.25) is 0 Å². The summed E-state index contributed by atoms with van der Waals surface area (Å²) in [5.41, 5.74) is 0.493. The second-order valence-corrected chi connectivity index (χ2v) is 10.0. The van der Waals surface area contributed by atoms with Crippen LogP contribution in [-0.2, 0) is 21.2 Å². The van der Waals surface area contributed by atoms with Gasteiger partial charge in [-0.2, -0.15) is 15.0 Å². The van der Waals surface area contributed by atoms with E-state index in [1.165, 1.54) is 23.1 Å². The van der Waals surface area contributed by atoms with Crippen molar-refractivity contribution in [2.75, 3.05) is 26.0 Å². The highest BCUT2D eigenvalue weighted by molar-refractivity contribution is 7.90. The average molecular weight is 471 g/mol. The summed E-state index contributed by atoms with van der Waals surface area (Å²) in [4.78, 5) is 15.2. The smallest absolute Gasteiger partial charge is 0.409 e. The van der Waals surface area contributed by atoms with E-state index in [-0.39, 0.29) is 35.3 Å². The topological polar surface area (TPSA) is 104 Å². The van der Waals surface area contributed by atoms with Gasteiger partial charge in [0, 0.05) is 19.3 Å². The van der Waals surface area contributed by atoms with Crippen LogP contribution < -0.4 is 4.74 Å². The predicted molar refractivity (Wildman–Crippen MR) is 117 cm³/mol. The molecule has 1 aromatic heterocycles. The Morgan fingerprint density at radius 3 is 2.59 bits per heavy atom. The lowest BCUT2D eigenvalue weighted by Crippen LogP contribution is -2.34. The molecule has 0 radical (unpaired) electrons. The summed E-state index contributed by atoms with van der Waals surface area (Å²) in [5.74, 6) is -0.562. The molecule has 1 atom stereocenters. The summed E-state index contributed by atoms with van der Waals surface area (Å²) in [6, 6.07) is 3.41. The van der Waals surface area contributed by atoms with E-state index < -0.39 is 15.7 Å². The fourth-order valence-corrected chi connectivity index (χ4v) is 3.37. The molecule has 1 heterocycles. The van der Waals surface area contributed by atoms with Gasteiger partial charge in [-0.05, 0) is 44.4 Å². The lowest BCUT2D eigenvalue weighted by atomic mass is 10.2. The Morgan fingerprint density at radius 2 is 2.00 bits per heavy atom. The number of ether oxygens (including phenoxy) is 2. The SMILES string of the molecule is CCN(CCC(C)n1ncc(COc2ccc(S(C)(=O)=O)cc2F)n1)C(=O)OCC(C)C. The molecule has 2 aromatic rings. The molecule has 0 fully saturated rings. The van der Waals surface area contributed by atoms with Gasteiger partial charge in [0.2, 0.25) is 0 Å². The van der Waals surface area contributed by atoms with Crippen LogP contribution in [0.15, 0.2) is 29.3 Å². The number of benzene rings is 1. The van der Waals surface area contributed by atoms with Crippen LogP contribution in [0.3, 0.4) is 0 Å². The molecule has 0 bridgehead atoms. The molecule has 0 aliphatic heterocycles. The van der Waals surface area contributed by atoms with E-state index in [0.717, 1.165) is 12.3 Å². The van der Waals surface area contributed by atoms with E-state index in [4.69, 9.17) is 9.47 Å². The fourth-order valence-electron chi connectivity index (χ4n) is 2.73. The van der Waals surface area contributed by atoms with Crippen molar-refractivity contribution in [2.45, 2.75) is 51.7 Å². The molecular formula is C21H31FN4O5S. The summed E-state index contributed by atoms with van der Waals surface area (Å²) < 4.78 is 47.8. The molecular weight excluding hydrogens is 439 g/mol. The van der Waals surface area contributed by atoms with Crippen LogP contribution in [0.5, 0.6) is 5.75 Å². The minimum Gasteiger partial charge on any atom is -0.484 e. The van der Waals surface area contributed by atoms with Crippen LogP contribution in [0.4, 0.5) is 9.18 Å². The Balaban J connectivity index is 1.89. The van der Waals surface area contributed by atoms with Crippen LogP contribution in [0.2, 0.25) is 0 Å². The molecule has 0 aliphatic carbocycles. The Hall–Kier alpha value is -2.69. The molecule has 11 heteroatoms. The fraction of sp³-hybridized carbons (Fsp3) is 0.571. The predicted octanol–water partition coefficient (Wildman–Crippen LogP) is 3.47. The highest BCUT2D eigenvalue weighted by Gasteiger charge is 2.17. The van der Waals surface area contributed by atoms with Crippen LogP contribution in [0.25, 0.3) is 0 Å². The normalized spacial score (nSPS) is 12.6. The number of amides is 1. The summed E-state index contributed by atoms with van der Waals surface area (Å²) in [6.07, 6.45) is 2.82. The maximum Gasteiger partial charge on any atom is 0.409 e. The highest BCUT2D eigenvalue weighted by atomic mass is 32.2. The average Bonchev–Trinajstić information content (AvgIpc) is 3.20. The number of aromatic nitrogens is 3. The minimum atomic E-state index is -3.50. The highest BCUT2D eigenvalue weighted by Crippen LogP contribution is 2.22. The molecule has 0 aliphatic rings. The number of carbonyl (C=O) groups is 1. The van der Waals surface area contributed by atoms with Crippen molar-refractivity contribution in [3.05, 3.63) is 35.9 Å². The number of carbonyl (C=O) groups excluding carboxylic acids is 1. The third-order valence-electron chi connectivity index (χ3n) is 4.65. The van der Waals surface area contributed by atoms with Crippen molar-refractivity contribution < 1.29 is 27.1 Å². The molecule has 178 valence electrons. The van der Waals surface area contributed by atoms with Gasteiger partial charge >= 0.3 is 6.09 Å². The Labute approximate surface area is 188 Å². The molecule has 0 saturated carbocycles. The second-order valence-electron chi connectivity index (χ2n) is 8.00. The van der Waals surface area contributed by atoms with E-state index in [0.29, 0.717) is 31.8 Å². The first-order valence-electron chi connectivity index (χ1n) is 10.5. The van der Waals surface area contributed by atoms with Gasteiger partial charge in [-0.15, -0.1) is 0 Å². The number of hydrogen-bond acceptors (Lipinski definition) is 7. The first-order valence-corrected chi connectivity index (χ1v) is 12.3. The van der Waals surface area contributed by atoms with Gasteiger partial charge in [-0.25, -0.2) is 17.6 Å². The quantitative estimate of drug-likeness (QED) is 0.495. The summed E-state index contributed by atoms with van der Waals surface area (Å²) in [5, 5.41) is 8.57. The van der Waals surface area contributed by atoms with E-state index in [1.807, 2.05) is 27.7 Å². The van der Waals surface area contributed by atoms with Crippen molar-refractivity contribution in [1.82, 2.24) is 19.9 Å². The maximum absolute atomic E-state index is 14.1. The first kappa shape index (κ1) is 25.6. The monoisotopic (exact) mass is 470 g/mol. The maximum atomic E-state index is 14.1. The van der Waals surface area contributed by atoms with Crippen molar-refractivity contribution >= 4 is 15.9 Å². The molecule has 1 unspecified atom stereocenters. The molecule has 0 spiro atoms. The minimum absolute atomic E-state index is 0.0233. The van der Waals surface area contributed by atoms with Crippen molar-refractivity contribution in [3.63, 3.8) is 0 Å². The zero-order valence-corrected chi connectivity index (χ0v) is 19.9. The molecule has 0 N–H and O–H groups in total. The zero-order valence-electron chi connectivity index (χ0n) is 19.1. The zero-order chi connectivity index (χ0) is 23.9. The number of hydrogen-bond donors (Lipinski definition) is 0. The van der Waals surface area contributed by atoms with Crippen LogP contribution >= 0.6 is 0 Å². The lowest BCUT2D eigenvalue weighted by molar-refractivity contribution is 0.0917. The van der Waals surface area contributed by atoms with E-state index in [2.05, 4.69) is 10.2 Å². The van der Waals surface area contributed by atoms with Gasteiger partial charge in [0.1, 0.15) is 12.3 Å². The lowest BCUT2D eigenvalue weighted by Gasteiger charge is -2.22. The van der Waals surface area contributed by atoms with Crippen LogP contribution in [0, 0.1) is 11.7 Å². The number of nitrogens with zero attached hydrogens (tertiary/aromatic N) is 4. The number of sulfone groups is 1. The number of halogens is 1.